The van der Waals surface area contributed by atoms with Gasteiger partial charge in [0.2, 0.25) is 0 Å². The number of hydrogen-bond acceptors (Lipinski definition) is 7. The molecule has 0 unspecified atom stereocenters. The monoisotopic (exact) mass is 1300 g/mol. The van der Waals surface area contributed by atoms with E-state index in [0.717, 1.165) is 130 Å². The zero-order valence-electron chi connectivity index (χ0n) is 56.8. The molecule has 1 aliphatic carbocycles. The Bertz CT molecular complexity index is 5020. The van der Waals surface area contributed by atoms with Gasteiger partial charge < -0.3 is 29.4 Å². The van der Waals surface area contributed by atoms with Gasteiger partial charge in [0.1, 0.15) is 0 Å². The van der Waals surface area contributed by atoms with Crippen LogP contribution in [0.3, 0.4) is 0 Å². The van der Waals surface area contributed by atoms with Crippen molar-refractivity contribution < 1.29 is 0 Å². The van der Waals surface area contributed by atoms with Crippen molar-refractivity contribution in [3.8, 4) is 0 Å². The van der Waals surface area contributed by atoms with Crippen LogP contribution in [0, 0.1) is 13.8 Å². The van der Waals surface area contributed by atoms with Crippen LogP contribution in [0.2, 0.25) is 0 Å². The Morgan fingerprint density at radius 3 is 1.10 bits per heavy atom. The molecule has 0 atom stereocenters. The zero-order chi connectivity index (χ0) is 68.7. The molecule has 488 valence electrons. The van der Waals surface area contributed by atoms with Crippen molar-refractivity contribution in [1.29, 1.82) is 0 Å². The first-order valence-corrected chi connectivity index (χ1v) is 34.2. The third kappa shape index (κ3) is 14.7. The number of benzene rings is 13. The van der Waals surface area contributed by atoms with Crippen LogP contribution in [0.5, 0.6) is 0 Å². The number of allylic oxidation sites excluding steroid dienone is 8. The fourth-order valence-corrected chi connectivity index (χ4v) is 13.2. The van der Waals surface area contributed by atoms with Gasteiger partial charge in [-0.1, -0.05) is 183 Å². The highest BCUT2D eigenvalue weighted by Crippen LogP contribution is 2.45. The summed E-state index contributed by atoms with van der Waals surface area (Å²) in [7, 11) is 0. The highest BCUT2D eigenvalue weighted by molar-refractivity contribution is 6.14. The Morgan fingerprint density at radius 1 is 0.337 bits per heavy atom. The Labute approximate surface area is 594 Å². The third-order valence-corrected chi connectivity index (χ3v) is 17.9. The maximum Gasteiger partial charge on any atom is 0.0744 e. The first-order valence-electron chi connectivity index (χ1n) is 34.2. The quantitative estimate of drug-likeness (QED) is 0.0469. The molecule has 14 rings (SSSR count). The lowest BCUT2D eigenvalue weighted by Crippen LogP contribution is -2.17. The van der Waals surface area contributed by atoms with Gasteiger partial charge >= 0.3 is 0 Å². The van der Waals surface area contributed by atoms with Crippen LogP contribution in [-0.4, -0.2) is 5.71 Å². The van der Waals surface area contributed by atoms with Crippen molar-refractivity contribution in [2.24, 2.45) is 4.99 Å². The summed E-state index contributed by atoms with van der Waals surface area (Å²) in [5.74, 6) is 0. The van der Waals surface area contributed by atoms with E-state index in [2.05, 4.69) is 420 Å². The second-order valence-corrected chi connectivity index (χ2v) is 24.6. The highest BCUT2D eigenvalue weighted by Gasteiger charge is 2.24. The van der Waals surface area contributed by atoms with E-state index < -0.39 is 0 Å². The van der Waals surface area contributed by atoms with Gasteiger partial charge in [-0.25, -0.2) is 4.99 Å². The predicted molar refractivity (Wildman–Crippen MR) is 429 cm³/mol. The summed E-state index contributed by atoms with van der Waals surface area (Å²) < 4.78 is 0. The topological polar surface area (TPSA) is 31.8 Å². The van der Waals surface area contributed by atoms with E-state index in [1.807, 2.05) is 24.3 Å². The maximum atomic E-state index is 5.53. The third-order valence-electron chi connectivity index (χ3n) is 17.9. The molecular formula is C94H77N7. The summed E-state index contributed by atoms with van der Waals surface area (Å²) in [5.41, 5.74) is 24.7. The van der Waals surface area contributed by atoms with E-state index in [0.29, 0.717) is 6.42 Å². The highest BCUT2D eigenvalue weighted by atomic mass is 15.2. The van der Waals surface area contributed by atoms with Gasteiger partial charge in [0, 0.05) is 108 Å². The van der Waals surface area contributed by atoms with E-state index in [1.165, 1.54) is 5.56 Å². The van der Waals surface area contributed by atoms with Crippen LogP contribution in [0.25, 0.3) is 0 Å². The van der Waals surface area contributed by atoms with Crippen LogP contribution in [0.15, 0.2) is 429 Å². The summed E-state index contributed by atoms with van der Waals surface area (Å²) in [6.45, 7) is 12.6. The second-order valence-electron chi connectivity index (χ2n) is 24.6. The van der Waals surface area contributed by atoms with E-state index in [4.69, 9.17) is 4.99 Å². The molecule has 101 heavy (non-hydrogen) atoms. The van der Waals surface area contributed by atoms with Crippen molar-refractivity contribution in [2.75, 3.05) is 29.4 Å². The van der Waals surface area contributed by atoms with E-state index in [1.54, 1.807) is 6.08 Å². The minimum absolute atomic E-state index is 0.632. The lowest BCUT2D eigenvalue weighted by molar-refractivity contribution is 1.17. The number of para-hydroxylation sites is 7. The van der Waals surface area contributed by atoms with E-state index in [9.17, 15) is 0 Å². The number of aryl methyl sites for hydroxylation is 2. The fourth-order valence-electron chi connectivity index (χ4n) is 13.2. The number of aliphatic imine (C=N–C) groups is 1. The summed E-state index contributed by atoms with van der Waals surface area (Å²) >= 11 is 0. The molecule has 0 saturated heterocycles. The molecule has 0 aliphatic heterocycles. The zero-order valence-corrected chi connectivity index (χ0v) is 56.8. The lowest BCUT2D eigenvalue weighted by atomic mass is 9.98. The predicted octanol–water partition coefficient (Wildman–Crippen LogP) is 26.3. The van der Waals surface area contributed by atoms with Crippen molar-refractivity contribution in [3.63, 3.8) is 0 Å². The van der Waals surface area contributed by atoms with Gasteiger partial charge in [-0.15, -0.1) is 0 Å². The Balaban J connectivity index is 0.862. The SMILES string of the molecule is C=C/C=C(\C=C)N(c1ccccc1)c1ccc(N(c2ccc(/C(=N\c3ccccc3)C3=CC=C(N(c4ccc(N(c5ccccc5)c5ccccc5)cc4)c4ccc(N(c5ccccc5)c5ccccc5)cc4C)C=CC3)cc2)c2ccc(N(c3ccccc3)c3cccc(C)c3)cc2)cc1. The van der Waals surface area contributed by atoms with Crippen molar-refractivity contribution in [3.05, 3.63) is 441 Å². The smallest absolute Gasteiger partial charge is 0.0744 e. The molecule has 0 amide bonds. The van der Waals surface area contributed by atoms with Gasteiger partial charge in [0.25, 0.3) is 0 Å². The average molecular weight is 1300 g/mol. The Morgan fingerprint density at radius 2 is 0.683 bits per heavy atom. The number of hydrogen-bond donors (Lipinski definition) is 0. The number of rotatable bonds is 23. The van der Waals surface area contributed by atoms with Crippen LogP contribution in [0.4, 0.5) is 96.7 Å². The molecule has 13 aromatic carbocycles. The number of anilines is 16. The largest absolute Gasteiger partial charge is 0.311 e. The van der Waals surface area contributed by atoms with Crippen molar-refractivity contribution in [1.82, 2.24) is 0 Å². The molecule has 7 nitrogen and oxygen atoms in total. The molecule has 0 spiro atoms. The minimum atomic E-state index is 0.632. The summed E-state index contributed by atoms with van der Waals surface area (Å²) in [5, 5.41) is 0. The minimum Gasteiger partial charge on any atom is -0.311 e. The van der Waals surface area contributed by atoms with Crippen LogP contribution >= 0.6 is 0 Å². The average Bonchev–Trinajstić information content (AvgIpc) is 1.73. The van der Waals surface area contributed by atoms with Crippen molar-refractivity contribution in [2.45, 2.75) is 20.3 Å². The molecule has 0 heterocycles. The van der Waals surface area contributed by atoms with Gasteiger partial charge in [-0.3, -0.25) is 0 Å². The fraction of sp³-hybridized carbons (Fsp3) is 0.0319. The Kier molecular flexibility index (Phi) is 19.9. The van der Waals surface area contributed by atoms with Crippen LogP contribution in [0.1, 0.15) is 23.1 Å². The molecule has 0 N–H and O–H groups in total. The van der Waals surface area contributed by atoms with Crippen molar-refractivity contribution >= 4 is 102 Å². The summed E-state index contributed by atoms with van der Waals surface area (Å²) in [6.07, 6.45) is 15.3. The molecule has 0 aromatic heterocycles. The van der Waals surface area contributed by atoms with Gasteiger partial charge in [-0.2, -0.15) is 0 Å². The molecule has 0 fully saturated rings. The molecule has 0 saturated carbocycles. The maximum absolute atomic E-state index is 5.53. The first-order chi connectivity index (χ1) is 49.8. The molecule has 7 heteroatoms. The van der Waals surface area contributed by atoms with Gasteiger partial charge in [-0.05, 0) is 261 Å². The molecular weight excluding hydrogens is 1230 g/mol. The van der Waals surface area contributed by atoms with Gasteiger partial charge in [0.15, 0.2) is 0 Å². The van der Waals surface area contributed by atoms with E-state index in [-0.39, 0.29) is 0 Å². The van der Waals surface area contributed by atoms with E-state index >= 15 is 0 Å². The molecule has 1 aliphatic rings. The normalized spacial score (nSPS) is 12.1. The molecule has 0 radical (unpaired) electrons. The standard InChI is InChI=1S/C94H77N7/c1-5-30-76(6-2)96(77-35-16-8-17-36-77)85-55-57-87(58-56-85)98(88-59-61-89(62-60-88)100(82-45-26-13-27-46-82)91-48-28-31-71(3)69-91)84-53-50-74(51-54-84)94(95-75-33-14-7-15-34-75)73-32-29-47-83(52-49-73)101(90-65-63-86(64-66-90)97(78-37-18-9-19-38-78)79-39-20-10-21-40-79)93-68-67-92(70-72(93)4)99(80-41-22-11-23-42-80)81-43-24-12-25-44-81/h5-31,33-70H,1-2,32H2,3-4H3/b76-30+,95-94-. The Hall–Kier alpha value is -13.2. The second kappa shape index (κ2) is 30.9. The summed E-state index contributed by atoms with van der Waals surface area (Å²) in [6, 6.07) is 124. The van der Waals surface area contributed by atoms with Crippen LogP contribution in [-0.2, 0) is 0 Å². The number of nitrogens with zero attached hydrogens (tertiary/aromatic N) is 7. The first kappa shape index (κ1) is 65.1. The van der Waals surface area contributed by atoms with Gasteiger partial charge in [0.05, 0.1) is 11.4 Å². The molecule has 13 aromatic rings. The lowest BCUT2D eigenvalue weighted by Gasteiger charge is -2.31. The molecule has 0 bridgehead atoms. The van der Waals surface area contributed by atoms with Crippen LogP contribution < -0.4 is 29.4 Å². The summed E-state index contributed by atoms with van der Waals surface area (Å²) in [4.78, 5) is 19.4.